The number of benzene rings is 1. The van der Waals surface area contributed by atoms with Crippen molar-refractivity contribution in [3.8, 4) is 5.75 Å². The molecule has 2 rings (SSSR count). The Morgan fingerprint density at radius 3 is 2.80 bits per heavy atom. The Bertz CT molecular complexity index is 604. The zero-order valence-corrected chi connectivity index (χ0v) is 12.9. The van der Waals surface area contributed by atoms with Gasteiger partial charge >= 0.3 is 0 Å². The van der Waals surface area contributed by atoms with Gasteiger partial charge in [-0.25, -0.2) is 0 Å². The summed E-state index contributed by atoms with van der Waals surface area (Å²) in [6.07, 6.45) is 0.341. The predicted molar refractivity (Wildman–Crippen MR) is 78.7 cm³/mol. The molecule has 0 spiro atoms. The van der Waals surface area contributed by atoms with Crippen molar-refractivity contribution in [1.82, 2.24) is 0 Å². The largest absolute Gasteiger partial charge is 0.511 e. The summed E-state index contributed by atoms with van der Waals surface area (Å²) in [6.45, 7) is 1.45. The summed E-state index contributed by atoms with van der Waals surface area (Å²) in [5, 5.41) is 10.3. The van der Waals surface area contributed by atoms with Crippen molar-refractivity contribution in [2.45, 2.75) is 19.8 Å². The molecule has 1 atom stereocenters. The lowest BCUT2D eigenvalue weighted by Gasteiger charge is -2.10. The van der Waals surface area contributed by atoms with Crippen molar-refractivity contribution in [2.24, 2.45) is 5.92 Å². The van der Waals surface area contributed by atoms with Gasteiger partial charge in [-0.2, -0.15) is 0 Å². The first-order valence-corrected chi connectivity index (χ1v) is 7.03. The Balaban J connectivity index is 2.50. The van der Waals surface area contributed by atoms with E-state index < -0.39 is 5.92 Å². The third-order valence-electron chi connectivity index (χ3n) is 3.32. The molecular formula is C15H15BrO4. The van der Waals surface area contributed by atoms with Crippen LogP contribution >= 0.6 is 15.9 Å². The summed E-state index contributed by atoms with van der Waals surface area (Å²) in [6, 6.07) is 5.26. The molecule has 5 heteroatoms. The van der Waals surface area contributed by atoms with E-state index in [0.717, 1.165) is 4.47 Å². The SMILES string of the molecule is COc1ccc(Br)cc1C1=C(O)C(CC(C)=O)CC1=O. The average Bonchev–Trinajstić information content (AvgIpc) is 2.63. The number of ether oxygens (including phenoxy) is 1. The van der Waals surface area contributed by atoms with Crippen LogP contribution in [0.2, 0.25) is 0 Å². The summed E-state index contributed by atoms with van der Waals surface area (Å²) in [5.74, 6) is -0.117. The maximum atomic E-state index is 12.2. The number of methoxy groups -OCH3 is 1. The van der Waals surface area contributed by atoms with Crippen LogP contribution in [-0.4, -0.2) is 23.8 Å². The highest BCUT2D eigenvalue weighted by atomic mass is 79.9. The van der Waals surface area contributed by atoms with E-state index in [0.29, 0.717) is 11.3 Å². The topological polar surface area (TPSA) is 63.6 Å². The number of allylic oxidation sites excluding steroid dienone is 2. The molecule has 20 heavy (non-hydrogen) atoms. The van der Waals surface area contributed by atoms with Gasteiger partial charge in [0.15, 0.2) is 5.78 Å². The van der Waals surface area contributed by atoms with Crippen LogP contribution in [0.5, 0.6) is 5.75 Å². The minimum atomic E-state index is -0.418. The van der Waals surface area contributed by atoms with Gasteiger partial charge in [-0.1, -0.05) is 15.9 Å². The molecule has 0 saturated carbocycles. The Kier molecular flexibility index (Phi) is 4.28. The number of carbonyl (C=O) groups excluding carboxylic acids is 2. The number of rotatable bonds is 4. The number of aliphatic hydroxyl groups is 1. The van der Waals surface area contributed by atoms with Crippen molar-refractivity contribution in [3.63, 3.8) is 0 Å². The third-order valence-corrected chi connectivity index (χ3v) is 3.81. The Hall–Kier alpha value is -1.62. The molecule has 0 aliphatic heterocycles. The number of carbonyl (C=O) groups is 2. The maximum absolute atomic E-state index is 12.2. The van der Waals surface area contributed by atoms with Crippen molar-refractivity contribution in [2.75, 3.05) is 7.11 Å². The molecule has 1 unspecified atom stereocenters. The van der Waals surface area contributed by atoms with Crippen LogP contribution in [0.3, 0.4) is 0 Å². The van der Waals surface area contributed by atoms with E-state index >= 15 is 0 Å². The molecule has 1 aromatic rings. The van der Waals surface area contributed by atoms with Crippen molar-refractivity contribution in [1.29, 1.82) is 0 Å². The standard InChI is InChI=1S/C15H15BrO4/c1-8(17)5-9-6-12(18)14(15(9)19)11-7-10(16)3-4-13(11)20-2/h3-4,7,9,19H,5-6H2,1-2H3. The van der Waals surface area contributed by atoms with Crippen LogP contribution < -0.4 is 4.74 Å². The molecule has 106 valence electrons. The fourth-order valence-electron chi connectivity index (χ4n) is 2.45. The lowest BCUT2D eigenvalue weighted by atomic mass is 10.0. The van der Waals surface area contributed by atoms with Gasteiger partial charge in [-0.3, -0.25) is 4.79 Å². The third kappa shape index (κ3) is 2.77. The lowest BCUT2D eigenvalue weighted by Crippen LogP contribution is -2.05. The summed E-state index contributed by atoms with van der Waals surface area (Å²) < 4.78 is 6.03. The molecule has 0 radical (unpaired) electrons. The Labute approximate surface area is 125 Å². The van der Waals surface area contributed by atoms with Gasteiger partial charge in [0.05, 0.1) is 12.7 Å². The lowest BCUT2D eigenvalue weighted by molar-refractivity contribution is -0.118. The monoisotopic (exact) mass is 338 g/mol. The van der Waals surface area contributed by atoms with E-state index in [9.17, 15) is 14.7 Å². The highest BCUT2D eigenvalue weighted by molar-refractivity contribution is 9.10. The van der Waals surface area contributed by atoms with Gasteiger partial charge in [0.1, 0.15) is 17.3 Å². The zero-order chi connectivity index (χ0) is 14.9. The second-order valence-corrected chi connectivity index (χ2v) is 5.75. The Morgan fingerprint density at radius 2 is 2.20 bits per heavy atom. The molecule has 0 bridgehead atoms. The number of hydrogen-bond donors (Lipinski definition) is 1. The molecule has 1 aliphatic rings. The van der Waals surface area contributed by atoms with E-state index in [4.69, 9.17) is 4.74 Å². The highest BCUT2D eigenvalue weighted by Gasteiger charge is 2.35. The van der Waals surface area contributed by atoms with Crippen molar-refractivity contribution in [3.05, 3.63) is 34.0 Å². The number of hydrogen-bond acceptors (Lipinski definition) is 4. The first-order valence-electron chi connectivity index (χ1n) is 6.23. The van der Waals surface area contributed by atoms with Gasteiger partial charge in [0, 0.05) is 28.8 Å². The number of aliphatic hydroxyl groups excluding tert-OH is 1. The second-order valence-electron chi connectivity index (χ2n) is 4.84. The van der Waals surface area contributed by atoms with Gasteiger partial charge < -0.3 is 14.6 Å². The van der Waals surface area contributed by atoms with E-state index in [-0.39, 0.29) is 35.7 Å². The quantitative estimate of drug-likeness (QED) is 0.914. The molecule has 0 saturated heterocycles. The average molecular weight is 339 g/mol. The number of ketones is 2. The van der Waals surface area contributed by atoms with Crippen molar-refractivity contribution < 1.29 is 19.4 Å². The van der Waals surface area contributed by atoms with E-state index in [1.807, 2.05) is 0 Å². The molecule has 0 fully saturated rings. The fourth-order valence-corrected chi connectivity index (χ4v) is 2.81. The zero-order valence-electron chi connectivity index (χ0n) is 11.3. The van der Waals surface area contributed by atoms with Gasteiger partial charge in [0.25, 0.3) is 0 Å². The minimum Gasteiger partial charge on any atom is -0.511 e. The maximum Gasteiger partial charge on any atom is 0.167 e. The molecule has 4 nitrogen and oxygen atoms in total. The van der Waals surface area contributed by atoms with Crippen LogP contribution in [0.4, 0.5) is 0 Å². The summed E-state index contributed by atoms with van der Waals surface area (Å²) >= 11 is 3.34. The molecule has 1 aromatic carbocycles. The Morgan fingerprint density at radius 1 is 1.50 bits per heavy atom. The van der Waals surface area contributed by atoms with Gasteiger partial charge in [-0.15, -0.1) is 0 Å². The van der Waals surface area contributed by atoms with E-state index in [1.165, 1.54) is 14.0 Å². The molecule has 0 amide bonds. The number of halogens is 1. The normalized spacial score (nSPS) is 18.6. The van der Waals surface area contributed by atoms with Crippen LogP contribution in [0, 0.1) is 5.92 Å². The smallest absolute Gasteiger partial charge is 0.167 e. The van der Waals surface area contributed by atoms with Crippen LogP contribution in [0.25, 0.3) is 5.57 Å². The summed E-state index contributed by atoms with van der Waals surface area (Å²) in [4.78, 5) is 23.4. The molecule has 1 N–H and O–H groups in total. The summed E-state index contributed by atoms with van der Waals surface area (Å²) in [5.41, 5.74) is 0.810. The highest BCUT2D eigenvalue weighted by Crippen LogP contribution is 2.40. The first-order chi connectivity index (χ1) is 9.43. The molecular weight excluding hydrogens is 324 g/mol. The predicted octanol–water partition coefficient (Wildman–Crippen LogP) is 3.29. The van der Waals surface area contributed by atoms with Crippen LogP contribution in [0.1, 0.15) is 25.3 Å². The molecule has 0 aromatic heterocycles. The number of Topliss-reactive ketones (excluding diaryl/α,β-unsaturated/α-hetero) is 2. The van der Waals surface area contributed by atoms with E-state index in [2.05, 4.69) is 15.9 Å². The van der Waals surface area contributed by atoms with E-state index in [1.54, 1.807) is 18.2 Å². The second kappa shape index (κ2) is 5.79. The van der Waals surface area contributed by atoms with Gasteiger partial charge in [0.2, 0.25) is 0 Å². The fraction of sp³-hybridized carbons (Fsp3) is 0.333. The van der Waals surface area contributed by atoms with Gasteiger partial charge in [-0.05, 0) is 25.1 Å². The molecule has 0 heterocycles. The van der Waals surface area contributed by atoms with Crippen LogP contribution in [0.15, 0.2) is 28.4 Å². The van der Waals surface area contributed by atoms with Crippen LogP contribution in [-0.2, 0) is 9.59 Å². The first kappa shape index (κ1) is 14.8. The minimum absolute atomic E-state index is 0.0124. The van der Waals surface area contributed by atoms with Crippen molar-refractivity contribution >= 4 is 33.1 Å². The molecule has 1 aliphatic carbocycles. The summed E-state index contributed by atoms with van der Waals surface area (Å²) in [7, 11) is 1.51.